The molecule has 5 heteroatoms. The third kappa shape index (κ3) is 2.81. The number of anilines is 1. The van der Waals surface area contributed by atoms with Crippen LogP contribution < -0.4 is 4.90 Å². The van der Waals surface area contributed by atoms with E-state index < -0.39 is 6.16 Å². The van der Waals surface area contributed by atoms with Crippen molar-refractivity contribution in [1.82, 2.24) is 0 Å². The number of carbonyl (C=O) groups is 1. The first kappa shape index (κ1) is 12.3. The maximum atomic E-state index is 11.1. The molecule has 2 aliphatic rings. The maximum absolute atomic E-state index is 11.1. The van der Waals surface area contributed by atoms with Gasteiger partial charge in [0.1, 0.15) is 6.10 Å². The summed E-state index contributed by atoms with van der Waals surface area (Å²) in [7, 11) is 0. The van der Waals surface area contributed by atoms with Gasteiger partial charge in [-0.3, -0.25) is 0 Å². The van der Waals surface area contributed by atoms with Gasteiger partial charge in [0, 0.05) is 25.2 Å². The van der Waals surface area contributed by atoms with Gasteiger partial charge in [0.05, 0.1) is 19.8 Å². The molecule has 0 bridgehead atoms. The molecule has 19 heavy (non-hydrogen) atoms. The van der Waals surface area contributed by atoms with Crippen LogP contribution in [0.3, 0.4) is 0 Å². The molecule has 1 atom stereocenters. The van der Waals surface area contributed by atoms with Crippen LogP contribution in [-0.2, 0) is 14.2 Å². The molecule has 0 saturated carbocycles. The fourth-order valence-electron chi connectivity index (χ4n) is 2.41. The molecule has 0 N–H and O–H groups in total. The quantitative estimate of drug-likeness (QED) is 0.765. The van der Waals surface area contributed by atoms with Crippen molar-refractivity contribution < 1.29 is 19.0 Å². The number of nitrogens with zero attached hydrogens (tertiary/aromatic N) is 1. The van der Waals surface area contributed by atoms with Gasteiger partial charge >= 0.3 is 6.16 Å². The molecule has 0 radical (unpaired) electrons. The summed E-state index contributed by atoms with van der Waals surface area (Å²) < 4.78 is 15.3. The molecule has 5 nitrogen and oxygen atoms in total. The second-order valence-electron chi connectivity index (χ2n) is 4.68. The third-order valence-electron chi connectivity index (χ3n) is 3.48. The van der Waals surface area contributed by atoms with Gasteiger partial charge in [-0.1, -0.05) is 12.1 Å². The van der Waals surface area contributed by atoms with E-state index >= 15 is 0 Å². The SMILES string of the molecule is O=C1OCCC(c2ccc(N3CCOCC3)cc2)O1. The predicted molar refractivity (Wildman–Crippen MR) is 69.3 cm³/mol. The van der Waals surface area contributed by atoms with Crippen LogP contribution in [0.2, 0.25) is 0 Å². The summed E-state index contributed by atoms with van der Waals surface area (Å²) in [5, 5.41) is 0. The zero-order valence-electron chi connectivity index (χ0n) is 10.7. The molecule has 2 fully saturated rings. The van der Waals surface area contributed by atoms with E-state index in [4.69, 9.17) is 14.2 Å². The molecule has 3 rings (SSSR count). The summed E-state index contributed by atoms with van der Waals surface area (Å²) in [6.07, 6.45) is -0.0451. The van der Waals surface area contributed by atoms with Gasteiger partial charge in [-0.05, 0) is 17.7 Å². The van der Waals surface area contributed by atoms with Gasteiger partial charge in [0.2, 0.25) is 0 Å². The fourth-order valence-corrected chi connectivity index (χ4v) is 2.41. The summed E-state index contributed by atoms with van der Waals surface area (Å²) in [4.78, 5) is 13.4. The van der Waals surface area contributed by atoms with Crippen LogP contribution in [0.25, 0.3) is 0 Å². The molecule has 0 aromatic heterocycles. The van der Waals surface area contributed by atoms with Crippen LogP contribution >= 0.6 is 0 Å². The number of morpholine rings is 1. The molecule has 1 aromatic carbocycles. The van der Waals surface area contributed by atoms with Crippen molar-refractivity contribution in [3.05, 3.63) is 29.8 Å². The average Bonchev–Trinajstić information content (AvgIpc) is 2.48. The minimum absolute atomic E-state index is 0.181. The van der Waals surface area contributed by atoms with Gasteiger partial charge in [0.25, 0.3) is 0 Å². The Hall–Kier alpha value is -1.75. The second kappa shape index (κ2) is 5.48. The Bertz CT molecular complexity index is 439. The molecule has 0 spiro atoms. The molecular weight excluding hydrogens is 246 g/mol. The van der Waals surface area contributed by atoms with Crippen LogP contribution in [0.1, 0.15) is 18.1 Å². The summed E-state index contributed by atoms with van der Waals surface area (Å²) in [6.45, 7) is 3.82. The zero-order valence-corrected chi connectivity index (χ0v) is 10.7. The highest BCUT2D eigenvalue weighted by atomic mass is 16.7. The summed E-state index contributed by atoms with van der Waals surface area (Å²) in [5.41, 5.74) is 2.21. The minimum Gasteiger partial charge on any atom is -0.434 e. The molecule has 1 unspecified atom stereocenters. The first-order chi connectivity index (χ1) is 9.33. The number of rotatable bonds is 2. The Morgan fingerprint density at radius 3 is 2.47 bits per heavy atom. The van der Waals surface area contributed by atoms with Crippen molar-refractivity contribution in [2.45, 2.75) is 12.5 Å². The van der Waals surface area contributed by atoms with Gasteiger partial charge in [-0.2, -0.15) is 0 Å². The lowest BCUT2D eigenvalue weighted by molar-refractivity contribution is -0.0235. The molecular formula is C14H17NO4. The molecule has 1 aromatic rings. The van der Waals surface area contributed by atoms with Crippen LogP contribution in [0.15, 0.2) is 24.3 Å². The predicted octanol–water partition coefficient (Wildman–Crippen LogP) is 2.12. The Balaban J connectivity index is 1.69. The molecule has 0 aliphatic carbocycles. The largest absolute Gasteiger partial charge is 0.508 e. The van der Waals surface area contributed by atoms with Gasteiger partial charge < -0.3 is 19.1 Å². The zero-order chi connectivity index (χ0) is 13.1. The van der Waals surface area contributed by atoms with E-state index in [9.17, 15) is 4.79 Å². The second-order valence-corrected chi connectivity index (χ2v) is 4.68. The number of hydrogen-bond donors (Lipinski definition) is 0. The van der Waals surface area contributed by atoms with Gasteiger partial charge in [-0.15, -0.1) is 0 Å². The van der Waals surface area contributed by atoms with E-state index in [2.05, 4.69) is 17.0 Å². The first-order valence-corrected chi connectivity index (χ1v) is 6.59. The molecule has 102 valence electrons. The van der Waals surface area contributed by atoms with Gasteiger partial charge in [-0.25, -0.2) is 4.79 Å². The smallest absolute Gasteiger partial charge is 0.434 e. The molecule has 2 aliphatic heterocycles. The molecule has 2 saturated heterocycles. The fraction of sp³-hybridized carbons (Fsp3) is 0.500. The number of cyclic esters (lactones) is 2. The Kier molecular flexibility index (Phi) is 3.55. The van der Waals surface area contributed by atoms with Crippen LogP contribution in [0.5, 0.6) is 0 Å². The van der Waals surface area contributed by atoms with E-state index in [1.807, 2.05) is 12.1 Å². The minimum atomic E-state index is -0.575. The Morgan fingerprint density at radius 1 is 1.05 bits per heavy atom. The number of ether oxygens (including phenoxy) is 3. The average molecular weight is 263 g/mol. The van der Waals surface area contributed by atoms with Crippen molar-refractivity contribution in [2.24, 2.45) is 0 Å². The first-order valence-electron chi connectivity index (χ1n) is 6.59. The van der Waals surface area contributed by atoms with Crippen LogP contribution in [-0.4, -0.2) is 39.1 Å². The van der Waals surface area contributed by atoms with E-state index in [-0.39, 0.29) is 6.10 Å². The van der Waals surface area contributed by atoms with Crippen molar-refractivity contribution >= 4 is 11.8 Å². The van der Waals surface area contributed by atoms with E-state index in [1.165, 1.54) is 5.69 Å². The van der Waals surface area contributed by atoms with E-state index in [1.54, 1.807) is 0 Å². The topological polar surface area (TPSA) is 48.0 Å². The van der Waals surface area contributed by atoms with E-state index in [0.29, 0.717) is 13.0 Å². The maximum Gasteiger partial charge on any atom is 0.508 e. The highest BCUT2D eigenvalue weighted by Crippen LogP contribution is 2.27. The van der Waals surface area contributed by atoms with Crippen molar-refractivity contribution in [3.8, 4) is 0 Å². The Labute approximate surface area is 112 Å². The lowest BCUT2D eigenvalue weighted by Gasteiger charge is -2.29. The van der Waals surface area contributed by atoms with Crippen LogP contribution in [0, 0.1) is 0 Å². The third-order valence-corrected chi connectivity index (χ3v) is 3.48. The van der Waals surface area contributed by atoms with Crippen molar-refractivity contribution in [1.29, 1.82) is 0 Å². The summed E-state index contributed by atoms with van der Waals surface area (Å²) >= 11 is 0. The lowest BCUT2D eigenvalue weighted by Crippen LogP contribution is -2.36. The number of carbonyl (C=O) groups excluding carboxylic acids is 1. The van der Waals surface area contributed by atoms with Crippen molar-refractivity contribution in [2.75, 3.05) is 37.8 Å². The molecule has 2 heterocycles. The molecule has 0 amide bonds. The highest BCUT2D eigenvalue weighted by Gasteiger charge is 2.23. The Morgan fingerprint density at radius 2 is 1.79 bits per heavy atom. The van der Waals surface area contributed by atoms with Crippen LogP contribution in [0.4, 0.5) is 10.5 Å². The van der Waals surface area contributed by atoms with Crippen molar-refractivity contribution in [3.63, 3.8) is 0 Å². The van der Waals surface area contributed by atoms with Gasteiger partial charge in [0.15, 0.2) is 0 Å². The lowest BCUT2D eigenvalue weighted by atomic mass is 10.1. The number of hydrogen-bond acceptors (Lipinski definition) is 5. The van der Waals surface area contributed by atoms with E-state index in [0.717, 1.165) is 31.9 Å². The number of benzene rings is 1. The summed E-state index contributed by atoms with van der Waals surface area (Å²) in [5.74, 6) is 0. The standard InChI is InChI=1S/C14H17NO4/c16-14-18-8-5-13(19-14)11-1-3-12(4-2-11)15-6-9-17-10-7-15/h1-4,13H,5-10H2. The highest BCUT2D eigenvalue weighted by molar-refractivity contribution is 5.61. The summed E-state index contributed by atoms with van der Waals surface area (Å²) in [6, 6.07) is 8.19. The monoisotopic (exact) mass is 263 g/mol. The normalized spacial score (nSPS) is 23.7.